The maximum atomic E-state index is 12.5. The standard InChI is InChI=1S/C22H32O2/c1-4-22-13-10-16(24-5-2)14-15(22)6-7-17-18-8-9-20(23)21(18,3)12-11-19(17)22/h6,14,17-19H,4-5,7-13H2,1-3H3. The van der Waals surface area contributed by atoms with E-state index in [-0.39, 0.29) is 5.41 Å². The summed E-state index contributed by atoms with van der Waals surface area (Å²) in [6.45, 7) is 7.50. The first-order chi connectivity index (χ1) is 11.5. The van der Waals surface area contributed by atoms with E-state index in [1.54, 1.807) is 5.57 Å². The molecule has 0 heterocycles. The Morgan fingerprint density at radius 3 is 2.75 bits per heavy atom. The van der Waals surface area contributed by atoms with Crippen LogP contribution in [-0.4, -0.2) is 12.4 Å². The van der Waals surface area contributed by atoms with Crippen molar-refractivity contribution in [1.29, 1.82) is 0 Å². The average Bonchev–Trinajstić information content (AvgIpc) is 2.90. The Morgan fingerprint density at radius 1 is 1.17 bits per heavy atom. The molecule has 4 rings (SSSR count). The third kappa shape index (κ3) is 2.10. The lowest BCUT2D eigenvalue weighted by Gasteiger charge is -2.56. The molecule has 0 aromatic rings. The van der Waals surface area contributed by atoms with Gasteiger partial charge in [0.15, 0.2) is 0 Å². The second-order valence-corrected chi connectivity index (χ2v) is 8.74. The average molecular weight is 328 g/mol. The predicted molar refractivity (Wildman–Crippen MR) is 96.4 cm³/mol. The van der Waals surface area contributed by atoms with Crippen molar-refractivity contribution in [2.45, 2.75) is 72.1 Å². The summed E-state index contributed by atoms with van der Waals surface area (Å²) < 4.78 is 5.83. The number of hydrogen-bond donors (Lipinski definition) is 0. The normalized spacial score (nSPS) is 44.1. The first-order valence-corrected chi connectivity index (χ1v) is 10.1. The Morgan fingerprint density at radius 2 is 2.00 bits per heavy atom. The number of carbonyl (C=O) groups is 1. The van der Waals surface area contributed by atoms with Crippen molar-refractivity contribution in [2.75, 3.05) is 6.61 Å². The van der Waals surface area contributed by atoms with Gasteiger partial charge in [-0.1, -0.05) is 19.9 Å². The van der Waals surface area contributed by atoms with Gasteiger partial charge in [-0.05, 0) is 80.3 Å². The van der Waals surface area contributed by atoms with Crippen LogP contribution in [0, 0.1) is 28.6 Å². The molecule has 0 aliphatic heterocycles. The fourth-order valence-electron chi connectivity index (χ4n) is 6.82. The molecule has 5 atom stereocenters. The lowest BCUT2D eigenvalue weighted by atomic mass is 9.47. The van der Waals surface area contributed by atoms with Crippen LogP contribution >= 0.6 is 0 Å². The highest BCUT2D eigenvalue weighted by atomic mass is 16.5. The summed E-state index contributed by atoms with van der Waals surface area (Å²) in [7, 11) is 0. The number of fused-ring (bicyclic) bond motifs is 5. The summed E-state index contributed by atoms with van der Waals surface area (Å²) >= 11 is 0. The van der Waals surface area contributed by atoms with Gasteiger partial charge in [0.1, 0.15) is 5.78 Å². The van der Waals surface area contributed by atoms with Crippen molar-refractivity contribution in [3.8, 4) is 0 Å². The summed E-state index contributed by atoms with van der Waals surface area (Å²) in [5.41, 5.74) is 1.88. The van der Waals surface area contributed by atoms with Crippen LogP contribution in [0.1, 0.15) is 72.1 Å². The number of Topliss-reactive ketones (excluding diaryl/α,β-unsaturated/α-hetero) is 1. The molecule has 0 spiro atoms. The number of ketones is 1. The third-order valence-corrected chi connectivity index (χ3v) is 8.14. The Kier molecular flexibility index (Phi) is 3.93. The van der Waals surface area contributed by atoms with Gasteiger partial charge in [0.05, 0.1) is 12.4 Å². The van der Waals surface area contributed by atoms with E-state index in [0.29, 0.717) is 17.1 Å². The first-order valence-electron chi connectivity index (χ1n) is 10.1. The van der Waals surface area contributed by atoms with Gasteiger partial charge >= 0.3 is 0 Å². The van der Waals surface area contributed by atoms with Crippen molar-refractivity contribution in [2.24, 2.45) is 28.6 Å². The topological polar surface area (TPSA) is 26.3 Å². The van der Waals surface area contributed by atoms with Gasteiger partial charge in [-0.2, -0.15) is 0 Å². The molecular formula is C22H32O2. The number of carbonyl (C=O) groups excluding carboxylic acids is 1. The van der Waals surface area contributed by atoms with Gasteiger partial charge < -0.3 is 4.74 Å². The second kappa shape index (κ2) is 5.75. The molecular weight excluding hydrogens is 296 g/mol. The van der Waals surface area contributed by atoms with Crippen molar-refractivity contribution in [3.63, 3.8) is 0 Å². The molecule has 0 saturated heterocycles. The maximum absolute atomic E-state index is 12.5. The summed E-state index contributed by atoms with van der Waals surface area (Å²) in [5.74, 6) is 3.85. The van der Waals surface area contributed by atoms with Crippen molar-refractivity contribution in [3.05, 3.63) is 23.5 Å². The zero-order valence-electron chi connectivity index (χ0n) is 15.6. The first kappa shape index (κ1) is 16.4. The number of ether oxygens (including phenoxy) is 1. The minimum Gasteiger partial charge on any atom is -0.498 e. The predicted octanol–water partition coefficient (Wildman–Crippen LogP) is 5.44. The quantitative estimate of drug-likeness (QED) is 0.689. The molecule has 4 aliphatic rings. The molecule has 0 N–H and O–H groups in total. The van der Waals surface area contributed by atoms with E-state index in [1.165, 1.54) is 31.4 Å². The second-order valence-electron chi connectivity index (χ2n) is 8.74. The summed E-state index contributed by atoms with van der Waals surface area (Å²) in [6.07, 6.45) is 13.9. The zero-order valence-corrected chi connectivity index (χ0v) is 15.6. The molecule has 0 radical (unpaired) electrons. The van der Waals surface area contributed by atoms with Crippen LogP contribution in [0.15, 0.2) is 23.5 Å². The minimum absolute atomic E-state index is 0.0115. The lowest BCUT2D eigenvalue weighted by molar-refractivity contribution is -0.131. The molecule has 0 bridgehead atoms. The molecule has 2 fully saturated rings. The van der Waals surface area contributed by atoms with Crippen molar-refractivity contribution >= 4 is 5.78 Å². The molecule has 132 valence electrons. The Labute approximate surface area is 146 Å². The molecule has 0 aromatic heterocycles. The van der Waals surface area contributed by atoms with Gasteiger partial charge in [0.2, 0.25) is 0 Å². The fraction of sp³-hybridized carbons (Fsp3) is 0.773. The van der Waals surface area contributed by atoms with Gasteiger partial charge in [0.25, 0.3) is 0 Å². The van der Waals surface area contributed by atoms with E-state index in [2.05, 4.69) is 32.9 Å². The van der Waals surface area contributed by atoms with E-state index >= 15 is 0 Å². The van der Waals surface area contributed by atoms with E-state index in [0.717, 1.165) is 44.1 Å². The number of hydrogen-bond acceptors (Lipinski definition) is 2. The van der Waals surface area contributed by atoms with Crippen LogP contribution in [0.4, 0.5) is 0 Å². The van der Waals surface area contributed by atoms with Crippen LogP contribution < -0.4 is 0 Å². The van der Waals surface area contributed by atoms with E-state index < -0.39 is 0 Å². The van der Waals surface area contributed by atoms with E-state index in [1.807, 2.05) is 0 Å². The molecule has 4 aliphatic carbocycles. The molecule has 0 aromatic carbocycles. The molecule has 2 saturated carbocycles. The lowest BCUT2D eigenvalue weighted by Crippen LogP contribution is -2.50. The highest BCUT2D eigenvalue weighted by molar-refractivity contribution is 5.87. The van der Waals surface area contributed by atoms with Crippen LogP contribution in [-0.2, 0) is 9.53 Å². The zero-order chi connectivity index (χ0) is 16.9. The van der Waals surface area contributed by atoms with Crippen LogP contribution in [0.5, 0.6) is 0 Å². The van der Waals surface area contributed by atoms with E-state index in [4.69, 9.17) is 4.74 Å². The SMILES string of the molecule is CCOC1=CC2=CCC3C4CCC(=O)C4(C)CCC3C2(CC)CC1. The highest BCUT2D eigenvalue weighted by Gasteiger charge is 2.58. The molecule has 2 heteroatoms. The molecule has 5 unspecified atom stereocenters. The van der Waals surface area contributed by atoms with Gasteiger partial charge in [0, 0.05) is 18.3 Å². The van der Waals surface area contributed by atoms with Gasteiger partial charge in [-0.3, -0.25) is 4.79 Å². The van der Waals surface area contributed by atoms with Crippen molar-refractivity contribution in [1.82, 2.24) is 0 Å². The van der Waals surface area contributed by atoms with E-state index in [9.17, 15) is 4.79 Å². The number of rotatable bonds is 3. The summed E-state index contributed by atoms with van der Waals surface area (Å²) in [6, 6.07) is 0. The monoisotopic (exact) mass is 328 g/mol. The van der Waals surface area contributed by atoms with Crippen molar-refractivity contribution < 1.29 is 9.53 Å². The molecule has 0 amide bonds. The van der Waals surface area contributed by atoms with Gasteiger partial charge in [-0.15, -0.1) is 0 Å². The number of allylic oxidation sites excluding steroid dienone is 4. The minimum atomic E-state index is -0.0115. The molecule has 2 nitrogen and oxygen atoms in total. The Balaban J connectivity index is 1.70. The highest BCUT2D eigenvalue weighted by Crippen LogP contribution is 2.64. The Hall–Kier alpha value is -1.05. The smallest absolute Gasteiger partial charge is 0.139 e. The molecule has 24 heavy (non-hydrogen) atoms. The maximum Gasteiger partial charge on any atom is 0.139 e. The van der Waals surface area contributed by atoms with Gasteiger partial charge in [-0.25, -0.2) is 0 Å². The largest absolute Gasteiger partial charge is 0.498 e. The van der Waals surface area contributed by atoms with Crippen LogP contribution in [0.3, 0.4) is 0 Å². The van der Waals surface area contributed by atoms with Crippen LogP contribution in [0.25, 0.3) is 0 Å². The third-order valence-electron chi connectivity index (χ3n) is 8.14. The fourth-order valence-corrected chi connectivity index (χ4v) is 6.82. The summed E-state index contributed by atoms with van der Waals surface area (Å²) in [5, 5.41) is 0. The summed E-state index contributed by atoms with van der Waals surface area (Å²) in [4.78, 5) is 12.5. The Bertz CT molecular complexity index is 601. The van der Waals surface area contributed by atoms with Crippen LogP contribution in [0.2, 0.25) is 0 Å².